The quantitative estimate of drug-likeness (QED) is 0.512. The number of rotatable bonds is 3. The molecule has 0 saturated heterocycles. The van der Waals surface area contributed by atoms with E-state index in [4.69, 9.17) is 0 Å². The molecular weight excluding hydrogens is 308 g/mol. The average Bonchev–Trinajstić information content (AvgIpc) is 2.62. The van der Waals surface area contributed by atoms with Gasteiger partial charge in [0.05, 0.1) is 5.60 Å². The van der Waals surface area contributed by atoms with Gasteiger partial charge in [0.25, 0.3) is 0 Å². The van der Waals surface area contributed by atoms with E-state index in [1.54, 1.807) is 0 Å². The molecule has 1 aliphatic carbocycles. The highest BCUT2D eigenvalue weighted by atomic mass is 28.1. The first-order valence-electron chi connectivity index (χ1n) is 9.04. The van der Waals surface area contributed by atoms with Crippen LogP contribution in [0.1, 0.15) is 43.2 Å². The lowest BCUT2D eigenvalue weighted by Crippen LogP contribution is -2.29. The fraction of sp³-hybridized carbons (Fsp3) is 0.364. The molecule has 1 fully saturated rings. The molecule has 0 amide bonds. The minimum Gasteiger partial charge on any atom is -0.385 e. The Morgan fingerprint density at radius 1 is 0.792 bits per heavy atom. The van der Waals surface area contributed by atoms with Crippen molar-refractivity contribution < 1.29 is 5.11 Å². The predicted molar refractivity (Wildman–Crippen MR) is 103 cm³/mol. The molecule has 3 aromatic carbocycles. The first-order chi connectivity index (χ1) is 11.7. The Morgan fingerprint density at radius 3 is 1.79 bits per heavy atom. The molecule has 0 heterocycles. The summed E-state index contributed by atoms with van der Waals surface area (Å²) >= 11 is 0. The highest BCUT2D eigenvalue weighted by molar-refractivity contribution is 6.10. The van der Waals surface area contributed by atoms with Crippen LogP contribution in [-0.2, 0) is 12.0 Å². The van der Waals surface area contributed by atoms with Crippen LogP contribution >= 0.6 is 0 Å². The molecule has 1 nitrogen and oxygen atoms in total. The molecular formula is C22H23OSi. The van der Waals surface area contributed by atoms with E-state index in [1.807, 2.05) is 0 Å². The van der Waals surface area contributed by atoms with Gasteiger partial charge in [0.1, 0.15) is 0 Å². The van der Waals surface area contributed by atoms with E-state index in [1.165, 1.54) is 33.5 Å². The number of hydrogen-bond donors (Lipinski definition) is 1. The van der Waals surface area contributed by atoms with Gasteiger partial charge >= 0.3 is 0 Å². The Hall–Kier alpha value is -1.64. The number of benzene rings is 3. The van der Waals surface area contributed by atoms with Gasteiger partial charge in [-0.1, -0.05) is 73.8 Å². The molecule has 1 N–H and O–H groups in total. The van der Waals surface area contributed by atoms with Crippen molar-refractivity contribution in [2.24, 2.45) is 0 Å². The van der Waals surface area contributed by atoms with Gasteiger partial charge in [0, 0.05) is 10.2 Å². The lowest BCUT2D eigenvalue weighted by molar-refractivity contribution is 0.00210. The topological polar surface area (TPSA) is 20.2 Å². The maximum atomic E-state index is 11.5. The molecule has 0 unspecified atom stereocenters. The molecule has 1 saturated carbocycles. The zero-order chi connectivity index (χ0) is 16.6. The minimum absolute atomic E-state index is 0.691. The summed E-state index contributed by atoms with van der Waals surface area (Å²) in [4.78, 5) is 0. The lowest BCUT2D eigenvalue weighted by atomic mass is 9.75. The number of hydrogen-bond acceptors (Lipinski definition) is 1. The van der Waals surface area contributed by atoms with Crippen LogP contribution in [0.25, 0.3) is 21.5 Å². The van der Waals surface area contributed by atoms with Crippen molar-refractivity contribution in [3.8, 4) is 0 Å². The number of fused-ring (bicyclic) bond motifs is 2. The van der Waals surface area contributed by atoms with Crippen LogP contribution in [0.15, 0.2) is 48.5 Å². The second kappa shape index (κ2) is 6.34. The third-order valence-corrected chi connectivity index (χ3v) is 5.81. The summed E-state index contributed by atoms with van der Waals surface area (Å²) in [6.45, 7) is 0. The zero-order valence-corrected chi connectivity index (χ0v) is 15.0. The molecule has 0 spiro atoms. The van der Waals surface area contributed by atoms with E-state index in [0.29, 0.717) is 0 Å². The van der Waals surface area contributed by atoms with Crippen LogP contribution in [0.3, 0.4) is 0 Å². The third kappa shape index (κ3) is 2.49. The molecule has 2 heteroatoms. The monoisotopic (exact) mass is 331 g/mol. The highest BCUT2D eigenvalue weighted by Gasteiger charge is 2.34. The zero-order valence-electron chi connectivity index (χ0n) is 14.0. The van der Waals surface area contributed by atoms with Gasteiger partial charge in [-0.2, -0.15) is 0 Å². The van der Waals surface area contributed by atoms with Crippen LogP contribution in [0.2, 0.25) is 6.04 Å². The van der Waals surface area contributed by atoms with Crippen molar-refractivity contribution in [1.82, 2.24) is 0 Å². The molecule has 0 aromatic heterocycles. The Bertz CT molecular complexity index is 821. The maximum Gasteiger partial charge on any atom is 0.0908 e. The summed E-state index contributed by atoms with van der Waals surface area (Å²) < 4.78 is 0. The predicted octanol–water partition coefficient (Wildman–Crippen LogP) is 5.27. The first-order valence-corrected chi connectivity index (χ1v) is 9.75. The second-order valence-corrected chi connectivity index (χ2v) is 7.54. The smallest absolute Gasteiger partial charge is 0.0908 e. The van der Waals surface area contributed by atoms with Crippen LogP contribution in [-0.4, -0.2) is 15.3 Å². The highest BCUT2D eigenvalue weighted by Crippen LogP contribution is 2.45. The van der Waals surface area contributed by atoms with Crippen molar-refractivity contribution >= 4 is 31.8 Å². The number of aliphatic hydroxyl groups is 1. The summed E-state index contributed by atoms with van der Waals surface area (Å²) in [7, 11) is 3.66. The summed E-state index contributed by atoms with van der Waals surface area (Å²) in [6, 6.07) is 18.2. The van der Waals surface area contributed by atoms with Gasteiger partial charge < -0.3 is 5.11 Å². The lowest BCUT2D eigenvalue weighted by Gasteiger charge is -2.35. The Balaban J connectivity index is 2.13. The molecule has 4 rings (SSSR count). The molecule has 121 valence electrons. The minimum atomic E-state index is -0.691. The van der Waals surface area contributed by atoms with Gasteiger partial charge in [-0.3, -0.25) is 0 Å². The van der Waals surface area contributed by atoms with Crippen molar-refractivity contribution in [2.75, 3.05) is 0 Å². The van der Waals surface area contributed by atoms with E-state index in [-0.39, 0.29) is 0 Å². The molecule has 0 aliphatic heterocycles. The summed E-state index contributed by atoms with van der Waals surface area (Å²) in [5.41, 5.74) is 1.86. The second-order valence-electron chi connectivity index (χ2n) is 7.04. The van der Waals surface area contributed by atoms with Gasteiger partial charge in [-0.15, -0.1) is 0 Å². The normalized spacial score (nSPS) is 17.4. The molecule has 3 radical (unpaired) electrons. The van der Waals surface area contributed by atoms with Crippen LogP contribution in [0.4, 0.5) is 0 Å². The van der Waals surface area contributed by atoms with E-state index in [9.17, 15) is 5.11 Å². The van der Waals surface area contributed by atoms with Crippen molar-refractivity contribution in [2.45, 2.75) is 50.2 Å². The summed E-state index contributed by atoms with van der Waals surface area (Å²) in [6.07, 6.45) is 6.21. The van der Waals surface area contributed by atoms with Gasteiger partial charge in [-0.25, -0.2) is 0 Å². The molecule has 0 atom stereocenters. The fourth-order valence-electron chi connectivity index (χ4n) is 4.50. The van der Waals surface area contributed by atoms with Gasteiger partial charge in [0.15, 0.2) is 0 Å². The maximum absolute atomic E-state index is 11.5. The Kier molecular flexibility index (Phi) is 4.19. The van der Waals surface area contributed by atoms with Crippen LogP contribution in [0.5, 0.6) is 0 Å². The van der Waals surface area contributed by atoms with Crippen LogP contribution < -0.4 is 0 Å². The van der Waals surface area contributed by atoms with Crippen molar-refractivity contribution in [3.63, 3.8) is 0 Å². The van der Waals surface area contributed by atoms with E-state index >= 15 is 0 Å². The standard InChI is InChI=1S/C22H23OSi/c23-22(13-6-1-7-14-22)21-19-10-4-2-8-16(19)18(12-15-24)17-9-3-5-11-20(17)21/h2-5,8-11,23H,1,6-7,12-15H2. The molecule has 0 bridgehead atoms. The van der Waals surface area contributed by atoms with E-state index in [0.717, 1.165) is 43.7 Å². The molecule has 24 heavy (non-hydrogen) atoms. The van der Waals surface area contributed by atoms with Gasteiger partial charge in [-0.05, 0) is 51.9 Å². The van der Waals surface area contributed by atoms with Crippen molar-refractivity contribution in [1.29, 1.82) is 0 Å². The van der Waals surface area contributed by atoms with E-state index in [2.05, 4.69) is 58.8 Å². The molecule has 3 aromatic rings. The fourth-order valence-corrected chi connectivity index (χ4v) is 4.75. The largest absolute Gasteiger partial charge is 0.385 e. The van der Waals surface area contributed by atoms with Crippen molar-refractivity contribution in [3.05, 3.63) is 59.7 Å². The number of aryl methyl sites for hydroxylation is 1. The SMILES string of the molecule is OC1(c2c3ccccc3c(CC[Si])c3ccccc23)CCCCC1. The first kappa shape index (κ1) is 15.9. The summed E-state index contributed by atoms with van der Waals surface area (Å²) in [5, 5.41) is 16.6. The van der Waals surface area contributed by atoms with Gasteiger partial charge in [0.2, 0.25) is 0 Å². The van der Waals surface area contributed by atoms with Crippen LogP contribution in [0, 0.1) is 0 Å². The third-order valence-electron chi connectivity index (χ3n) is 5.56. The average molecular weight is 332 g/mol. The molecule has 1 aliphatic rings. The van der Waals surface area contributed by atoms with E-state index < -0.39 is 5.60 Å². The Morgan fingerprint density at radius 2 is 1.29 bits per heavy atom. The summed E-state index contributed by atoms with van der Waals surface area (Å²) in [5.74, 6) is 0. The Labute approximate surface area is 147 Å².